The van der Waals surface area contributed by atoms with Crippen molar-refractivity contribution in [3.8, 4) is 0 Å². The van der Waals surface area contributed by atoms with E-state index in [0.717, 1.165) is 17.7 Å². The van der Waals surface area contributed by atoms with Crippen LogP contribution < -0.4 is 0 Å². The molecule has 0 atom stereocenters. The molecule has 0 unspecified atom stereocenters. The monoisotopic (exact) mass is 288 g/mol. The standard InChI is InChI=1S/C15H29ClOSi/c1-18(17-13-12-16,14-8-4-2-5-9-14)15-10-6-3-7-11-15/h14-15H,2-13H2,1H3. The number of hydrogen-bond donors (Lipinski definition) is 0. The van der Waals surface area contributed by atoms with Gasteiger partial charge in [-0.15, -0.1) is 11.6 Å². The summed E-state index contributed by atoms with van der Waals surface area (Å²) < 4.78 is 6.46. The third-order valence-corrected chi connectivity index (χ3v) is 10.7. The van der Waals surface area contributed by atoms with E-state index in [1.165, 1.54) is 64.2 Å². The molecule has 0 radical (unpaired) electrons. The third kappa shape index (κ3) is 3.52. The highest BCUT2D eigenvalue weighted by molar-refractivity contribution is 6.75. The topological polar surface area (TPSA) is 9.23 Å². The van der Waals surface area contributed by atoms with E-state index in [-0.39, 0.29) is 0 Å². The molecule has 0 spiro atoms. The van der Waals surface area contributed by atoms with Crippen LogP contribution in [0.1, 0.15) is 64.2 Å². The maximum atomic E-state index is 6.46. The predicted octanol–water partition coefficient (Wildman–Crippen LogP) is 5.49. The molecule has 2 rings (SSSR count). The van der Waals surface area contributed by atoms with Gasteiger partial charge in [-0.25, -0.2) is 0 Å². The van der Waals surface area contributed by atoms with Gasteiger partial charge in [0.25, 0.3) is 0 Å². The Labute approximate surface area is 119 Å². The molecule has 0 saturated heterocycles. The van der Waals surface area contributed by atoms with Crippen LogP contribution in [0.5, 0.6) is 0 Å². The third-order valence-electron chi connectivity index (χ3n) is 5.32. The summed E-state index contributed by atoms with van der Waals surface area (Å²) in [4.78, 5) is 0. The second-order valence-corrected chi connectivity index (χ2v) is 11.1. The highest BCUT2D eigenvalue weighted by Crippen LogP contribution is 2.48. The maximum absolute atomic E-state index is 6.46. The molecular weight excluding hydrogens is 260 g/mol. The van der Waals surface area contributed by atoms with E-state index in [9.17, 15) is 0 Å². The van der Waals surface area contributed by atoms with Gasteiger partial charge in [0, 0.05) is 12.5 Å². The highest BCUT2D eigenvalue weighted by Gasteiger charge is 2.45. The van der Waals surface area contributed by atoms with Gasteiger partial charge >= 0.3 is 0 Å². The molecule has 2 fully saturated rings. The lowest BCUT2D eigenvalue weighted by atomic mass is 9.99. The first-order valence-electron chi connectivity index (χ1n) is 7.97. The first-order chi connectivity index (χ1) is 8.77. The van der Waals surface area contributed by atoms with E-state index in [4.69, 9.17) is 16.0 Å². The minimum Gasteiger partial charge on any atom is -0.415 e. The van der Waals surface area contributed by atoms with E-state index in [1.54, 1.807) is 0 Å². The van der Waals surface area contributed by atoms with Crippen LogP contribution in [0.4, 0.5) is 0 Å². The molecule has 0 aromatic heterocycles. The van der Waals surface area contributed by atoms with Crippen LogP contribution in [0, 0.1) is 0 Å². The minimum atomic E-state index is -1.55. The van der Waals surface area contributed by atoms with Crippen molar-refractivity contribution >= 4 is 19.9 Å². The summed E-state index contributed by atoms with van der Waals surface area (Å²) in [5.74, 6) is 0.669. The molecule has 2 aliphatic carbocycles. The number of rotatable bonds is 5. The highest BCUT2D eigenvalue weighted by atomic mass is 35.5. The van der Waals surface area contributed by atoms with E-state index < -0.39 is 8.32 Å². The van der Waals surface area contributed by atoms with E-state index >= 15 is 0 Å². The van der Waals surface area contributed by atoms with Gasteiger partial charge in [0.15, 0.2) is 8.32 Å². The van der Waals surface area contributed by atoms with Gasteiger partial charge in [-0.05, 0) is 17.6 Å². The molecule has 2 saturated carbocycles. The van der Waals surface area contributed by atoms with E-state index in [2.05, 4.69) is 6.55 Å². The smallest absolute Gasteiger partial charge is 0.195 e. The number of halogens is 1. The van der Waals surface area contributed by atoms with Crippen LogP contribution in [0.25, 0.3) is 0 Å². The Bertz CT molecular complexity index is 217. The molecule has 0 aromatic rings. The number of hydrogen-bond acceptors (Lipinski definition) is 1. The Hall–Kier alpha value is 0.467. The normalized spacial score (nSPS) is 24.3. The van der Waals surface area contributed by atoms with Crippen LogP contribution in [-0.4, -0.2) is 20.8 Å². The molecular formula is C15H29ClOSi. The Kier molecular flexibility index (Phi) is 6.03. The molecule has 0 bridgehead atoms. The van der Waals surface area contributed by atoms with Gasteiger partial charge in [-0.3, -0.25) is 0 Å². The summed E-state index contributed by atoms with van der Waals surface area (Å²) in [6.45, 7) is 3.32. The SMILES string of the molecule is C[Si](OCCCl)(C1CCCCC1)C1CCCCC1. The molecule has 0 N–H and O–H groups in total. The zero-order valence-corrected chi connectivity index (χ0v) is 13.7. The van der Waals surface area contributed by atoms with Gasteiger partial charge in [0.05, 0.1) is 0 Å². The summed E-state index contributed by atoms with van der Waals surface area (Å²) in [7, 11) is -1.55. The van der Waals surface area contributed by atoms with Crippen molar-refractivity contribution in [1.29, 1.82) is 0 Å². The summed E-state index contributed by atoms with van der Waals surface area (Å²) in [5, 5.41) is 0. The first-order valence-corrected chi connectivity index (χ1v) is 11.1. The predicted molar refractivity (Wildman–Crippen MR) is 82.0 cm³/mol. The average molecular weight is 289 g/mol. The fourth-order valence-electron chi connectivity index (χ4n) is 4.18. The largest absolute Gasteiger partial charge is 0.415 e. The molecule has 3 heteroatoms. The number of alkyl halides is 1. The Morgan fingerprint density at radius 2 is 1.33 bits per heavy atom. The van der Waals surface area contributed by atoms with Gasteiger partial charge in [0.1, 0.15) is 0 Å². The van der Waals surface area contributed by atoms with Crippen molar-refractivity contribution < 1.29 is 4.43 Å². The molecule has 1 nitrogen and oxygen atoms in total. The van der Waals surface area contributed by atoms with Crippen LogP contribution in [-0.2, 0) is 4.43 Å². The second kappa shape index (κ2) is 7.30. The quantitative estimate of drug-likeness (QED) is 0.480. The second-order valence-electron chi connectivity index (χ2n) is 6.39. The van der Waals surface area contributed by atoms with Crippen LogP contribution >= 0.6 is 11.6 Å². The van der Waals surface area contributed by atoms with Gasteiger partial charge < -0.3 is 4.43 Å². The van der Waals surface area contributed by atoms with Crippen molar-refractivity contribution in [2.45, 2.75) is 81.8 Å². The van der Waals surface area contributed by atoms with Crippen molar-refractivity contribution in [2.24, 2.45) is 0 Å². The van der Waals surface area contributed by atoms with Crippen LogP contribution in [0.3, 0.4) is 0 Å². The fourth-order valence-corrected chi connectivity index (χ4v) is 9.17. The van der Waals surface area contributed by atoms with Gasteiger partial charge in [-0.2, -0.15) is 0 Å². The van der Waals surface area contributed by atoms with Crippen molar-refractivity contribution in [2.75, 3.05) is 12.5 Å². The van der Waals surface area contributed by atoms with Gasteiger partial charge in [-0.1, -0.05) is 64.2 Å². The lowest BCUT2D eigenvalue weighted by Crippen LogP contribution is -2.47. The zero-order chi connectivity index (χ0) is 12.8. The first kappa shape index (κ1) is 14.9. The molecule has 0 heterocycles. The molecule has 0 aromatic carbocycles. The Morgan fingerprint density at radius 3 is 1.72 bits per heavy atom. The average Bonchev–Trinajstić information content (AvgIpc) is 2.46. The molecule has 106 valence electrons. The fraction of sp³-hybridized carbons (Fsp3) is 1.00. The van der Waals surface area contributed by atoms with Crippen molar-refractivity contribution in [3.05, 3.63) is 0 Å². The van der Waals surface area contributed by atoms with Crippen LogP contribution in [0.15, 0.2) is 0 Å². The maximum Gasteiger partial charge on any atom is 0.195 e. The minimum absolute atomic E-state index is 0.669. The lowest BCUT2D eigenvalue weighted by Gasteiger charge is -2.44. The Balaban J connectivity index is 2.04. The summed E-state index contributed by atoms with van der Waals surface area (Å²) in [6, 6.07) is 0. The summed E-state index contributed by atoms with van der Waals surface area (Å²) >= 11 is 5.88. The van der Waals surface area contributed by atoms with Crippen molar-refractivity contribution in [1.82, 2.24) is 0 Å². The summed E-state index contributed by atoms with van der Waals surface area (Å²) in [5.41, 5.74) is 1.83. The molecule has 0 aliphatic heterocycles. The van der Waals surface area contributed by atoms with Gasteiger partial charge in [0.2, 0.25) is 0 Å². The molecule has 2 aliphatic rings. The van der Waals surface area contributed by atoms with E-state index in [0.29, 0.717) is 5.88 Å². The van der Waals surface area contributed by atoms with Crippen molar-refractivity contribution in [3.63, 3.8) is 0 Å². The lowest BCUT2D eigenvalue weighted by molar-refractivity contribution is 0.279. The van der Waals surface area contributed by atoms with E-state index in [1.807, 2.05) is 0 Å². The molecule has 18 heavy (non-hydrogen) atoms. The summed E-state index contributed by atoms with van der Waals surface area (Å²) in [6.07, 6.45) is 14.4. The Morgan fingerprint density at radius 1 is 0.889 bits per heavy atom. The van der Waals surface area contributed by atoms with Crippen LogP contribution in [0.2, 0.25) is 17.6 Å². The zero-order valence-electron chi connectivity index (χ0n) is 11.9. The molecule has 0 amide bonds.